The number of carbonyl (C=O) groups excluding carboxylic acids is 2. The molecule has 2 aromatic rings. The van der Waals surface area contributed by atoms with Gasteiger partial charge in [0.25, 0.3) is 11.5 Å². The Balaban J connectivity index is 1.77. The normalized spacial score (nSPS) is 20.6. The van der Waals surface area contributed by atoms with Crippen LogP contribution in [0.3, 0.4) is 0 Å². The quantitative estimate of drug-likeness (QED) is 0.810. The maximum atomic E-state index is 12.6. The maximum absolute atomic E-state index is 12.6. The zero-order chi connectivity index (χ0) is 18.2. The number of benzene rings is 1. The van der Waals surface area contributed by atoms with E-state index < -0.39 is 11.6 Å². The van der Waals surface area contributed by atoms with Crippen LogP contribution in [0.2, 0.25) is 0 Å². The molecule has 3 rings (SSSR count). The van der Waals surface area contributed by atoms with E-state index in [9.17, 15) is 14.4 Å². The summed E-state index contributed by atoms with van der Waals surface area (Å²) in [5.41, 5.74) is -0.485. The van der Waals surface area contributed by atoms with Gasteiger partial charge in [0, 0.05) is 13.0 Å². The van der Waals surface area contributed by atoms with Gasteiger partial charge in [-0.1, -0.05) is 26.0 Å². The largest absolute Gasteiger partial charge is 0.325 e. The van der Waals surface area contributed by atoms with Crippen molar-refractivity contribution in [3.05, 3.63) is 40.4 Å². The summed E-state index contributed by atoms with van der Waals surface area (Å²) in [6, 6.07) is 6.67. The van der Waals surface area contributed by atoms with Gasteiger partial charge in [0.05, 0.1) is 10.9 Å². The molecule has 1 aromatic carbocycles. The molecule has 1 aromatic heterocycles. The van der Waals surface area contributed by atoms with Crippen LogP contribution >= 0.6 is 0 Å². The predicted octanol–water partition coefficient (Wildman–Crippen LogP) is 1.82. The zero-order valence-corrected chi connectivity index (χ0v) is 14.6. The minimum Gasteiger partial charge on any atom is -0.323 e. The number of hydrogen-bond acceptors (Lipinski definition) is 4. The summed E-state index contributed by atoms with van der Waals surface area (Å²) in [6.07, 6.45) is 0.885. The highest BCUT2D eigenvalue weighted by Crippen LogP contribution is 2.25. The second-order valence-electron chi connectivity index (χ2n) is 7.10. The van der Waals surface area contributed by atoms with E-state index >= 15 is 0 Å². The van der Waals surface area contributed by atoms with Crippen molar-refractivity contribution in [3.63, 3.8) is 0 Å². The lowest BCUT2D eigenvalue weighted by atomic mass is 9.91. The molecule has 3 amide bonds. The van der Waals surface area contributed by atoms with Crippen molar-refractivity contribution < 1.29 is 9.59 Å². The highest BCUT2D eigenvalue weighted by Gasteiger charge is 2.47. The van der Waals surface area contributed by atoms with Crippen LogP contribution in [0.15, 0.2) is 29.1 Å². The molecule has 1 aliphatic heterocycles. The van der Waals surface area contributed by atoms with E-state index in [1.54, 1.807) is 25.1 Å². The summed E-state index contributed by atoms with van der Waals surface area (Å²) in [6.45, 7) is 5.96. The van der Waals surface area contributed by atoms with Crippen LogP contribution in [-0.4, -0.2) is 38.9 Å². The summed E-state index contributed by atoms with van der Waals surface area (Å²) < 4.78 is 0. The number of urea groups is 1. The van der Waals surface area contributed by atoms with Crippen molar-refractivity contribution in [2.45, 2.75) is 39.2 Å². The van der Waals surface area contributed by atoms with Crippen LogP contribution in [0, 0.1) is 5.92 Å². The first-order valence-electron chi connectivity index (χ1n) is 8.42. The fourth-order valence-electron chi connectivity index (χ4n) is 3.38. The lowest BCUT2D eigenvalue weighted by molar-refractivity contribution is -0.131. The number of nitrogens with one attached hydrogen (secondary N) is 2. The Morgan fingerprint density at radius 3 is 2.64 bits per heavy atom. The average molecular weight is 342 g/mol. The van der Waals surface area contributed by atoms with Crippen LogP contribution in [0.25, 0.3) is 10.9 Å². The number of carbonyl (C=O) groups is 2. The summed E-state index contributed by atoms with van der Waals surface area (Å²) in [5.74, 6) is 0.517. The van der Waals surface area contributed by atoms with Crippen molar-refractivity contribution >= 4 is 22.8 Å². The molecule has 132 valence electrons. The lowest BCUT2D eigenvalue weighted by Crippen LogP contribution is -2.45. The standard InChI is InChI=1S/C18H22N4O3/c1-11(2)10-18(3)16(24)22(17(25)21-18)9-8-14-19-13-7-5-4-6-12(13)15(23)20-14/h4-7,11H,8-10H2,1-3H3,(H,21,25)(H,19,20,23). The van der Waals surface area contributed by atoms with E-state index in [1.165, 1.54) is 4.90 Å². The van der Waals surface area contributed by atoms with Crippen LogP contribution < -0.4 is 10.9 Å². The number of fused-ring (bicyclic) bond motifs is 1. The van der Waals surface area contributed by atoms with Crippen molar-refractivity contribution in [2.75, 3.05) is 6.54 Å². The third-order valence-electron chi connectivity index (χ3n) is 4.40. The molecule has 0 saturated carbocycles. The van der Waals surface area contributed by atoms with E-state index in [0.717, 1.165) is 0 Å². The van der Waals surface area contributed by atoms with Gasteiger partial charge < -0.3 is 10.3 Å². The van der Waals surface area contributed by atoms with Gasteiger partial charge in [-0.15, -0.1) is 0 Å². The molecule has 7 heteroatoms. The van der Waals surface area contributed by atoms with Gasteiger partial charge in [-0.3, -0.25) is 14.5 Å². The smallest absolute Gasteiger partial charge is 0.323 e. The molecule has 1 unspecified atom stereocenters. The van der Waals surface area contributed by atoms with Crippen LogP contribution in [0.5, 0.6) is 0 Å². The first kappa shape index (κ1) is 17.1. The van der Waals surface area contributed by atoms with Crippen LogP contribution in [0.4, 0.5) is 4.79 Å². The van der Waals surface area contributed by atoms with Crippen molar-refractivity contribution in [1.82, 2.24) is 20.2 Å². The number of H-pyrrole nitrogens is 1. The molecule has 0 aliphatic carbocycles. The lowest BCUT2D eigenvalue weighted by Gasteiger charge is -2.23. The summed E-state index contributed by atoms with van der Waals surface area (Å²) in [5, 5.41) is 3.30. The van der Waals surface area contributed by atoms with Gasteiger partial charge in [-0.05, 0) is 31.4 Å². The Morgan fingerprint density at radius 2 is 1.92 bits per heavy atom. The molecule has 1 aliphatic rings. The summed E-state index contributed by atoms with van der Waals surface area (Å²) in [4.78, 5) is 45.2. The number of aromatic nitrogens is 2. The third-order valence-corrected chi connectivity index (χ3v) is 4.40. The second kappa shape index (κ2) is 6.31. The molecule has 0 radical (unpaired) electrons. The Hall–Kier alpha value is -2.70. The average Bonchev–Trinajstić information content (AvgIpc) is 2.74. The van der Waals surface area contributed by atoms with Crippen LogP contribution in [-0.2, 0) is 11.2 Å². The number of hydrogen-bond donors (Lipinski definition) is 2. The molecule has 1 atom stereocenters. The third kappa shape index (κ3) is 3.26. The minimum atomic E-state index is -0.866. The van der Waals surface area contributed by atoms with E-state index in [-0.39, 0.29) is 23.9 Å². The van der Waals surface area contributed by atoms with E-state index in [2.05, 4.69) is 15.3 Å². The molecule has 25 heavy (non-hydrogen) atoms. The van der Waals surface area contributed by atoms with Gasteiger partial charge in [0.15, 0.2) is 0 Å². The monoisotopic (exact) mass is 342 g/mol. The summed E-state index contributed by atoms with van der Waals surface area (Å²) >= 11 is 0. The predicted molar refractivity (Wildman–Crippen MR) is 94.2 cm³/mol. The zero-order valence-electron chi connectivity index (χ0n) is 14.6. The van der Waals surface area contributed by atoms with Gasteiger partial charge in [-0.25, -0.2) is 9.78 Å². The first-order chi connectivity index (χ1) is 11.8. The van der Waals surface area contributed by atoms with Crippen molar-refractivity contribution in [1.29, 1.82) is 0 Å². The number of amides is 3. The van der Waals surface area contributed by atoms with Gasteiger partial charge in [0.1, 0.15) is 11.4 Å². The number of nitrogens with zero attached hydrogens (tertiary/aromatic N) is 2. The number of rotatable bonds is 5. The molecule has 1 fully saturated rings. The van der Waals surface area contributed by atoms with Crippen LogP contribution in [0.1, 0.15) is 33.0 Å². The molecule has 0 spiro atoms. The molecule has 2 N–H and O–H groups in total. The fourth-order valence-corrected chi connectivity index (χ4v) is 3.38. The topological polar surface area (TPSA) is 95.2 Å². The Kier molecular flexibility index (Phi) is 4.32. The molecule has 2 heterocycles. The first-order valence-corrected chi connectivity index (χ1v) is 8.42. The SMILES string of the molecule is CC(C)CC1(C)NC(=O)N(CCc2nc3ccccc3c(=O)[nH]2)C1=O. The summed E-state index contributed by atoms with van der Waals surface area (Å²) in [7, 11) is 0. The second-order valence-corrected chi connectivity index (χ2v) is 7.10. The van der Waals surface area contributed by atoms with E-state index in [4.69, 9.17) is 0 Å². The highest BCUT2D eigenvalue weighted by molar-refractivity contribution is 6.06. The molecular weight excluding hydrogens is 320 g/mol. The highest BCUT2D eigenvalue weighted by atomic mass is 16.2. The Bertz CT molecular complexity index is 889. The molecular formula is C18H22N4O3. The Morgan fingerprint density at radius 1 is 1.20 bits per heavy atom. The van der Waals surface area contributed by atoms with Gasteiger partial charge >= 0.3 is 6.03 Å². The molecule has 1 saturated heterocycles. The molecule has 0 bridgehead atoms. The maximum Gasteiger partial charge on any atom is 0.325 e. The fraction of sp³-hybridized carbons (Fsp3) is 0.444. The van der Waals surface area contributed by atoms with Crippen molar-refractivity contribution in [2.24, 2.45) is 5.92 Å². The number of imide groups is 1. The van der Waals surface area contributed by atoms with Gasteiger partial charge in [-0.2, -0.15) is 0 Å². The van der Waals surface area contributed by atoms with E-state index in [0.29, 0.717) is 29.6 Å². The number of para-hydroxylation sites is 1. The van der Waals surface area contributed by atoms with Crippen molar-refractivity contribution in [3.8, 4) is 0 Å². The Labute approximate surface area is 145 Å². The number of aromatic amines is 1. The van der Waals surface area contributed by atoms with E-state index in [1.807, 2.05) is 19.9 Å². The molecule has 7 nitrogen and oxygen atoms in total. The minimum absolute atomic E-state index is 0.180. The van der Waals surface area contributed by atoms with Gasteiger partial charge in [0.2, 0.25) is 0 Å².